The van der Waals surface area contributed by atoms with Gasteiger partial charge in [0.1, 0.15) is 11.6 Å². The van der Waals surface area contributed by atoms with E-state index < -0.39 is 0 Å². The Morgan fingerprint density at radius 1 is 1.08 bits per heavy atom. The molecule has 0 atom stereocenters. The number of methoxy groups -OCH3 is 1. The van der Waals surface area contributed by atoms with E-state index in [-0.39, 0.29) is 0 Å². The number of anilines is 1. The molecule has 138 valence electrons. The summed E-state index contributed by atoms with van der Waals surface area (Å²) in [5, 5.41) is 8.32. The zero-order valence-corrected chi connectivity index (χ0v) is 16.4. The van der Waals surface area contributed by atoms with Crippen molar-refractivity contribution < 1.29 is 4.74 Å². The number of aryl methyl sites for hydroxylation is 2. The topological polar surface area (TPSA) is 54.7 Å². The molecule has 0 spiro atoms. The first kappa shape index (κ1) is 18.2. The van der Waals surface area contributed by atoms with Crippen molar-refractivity contribution in [1.29, 1.82) is 0 Å². The normalized spacial score (nSPS) is 11.3. The molecule has 26 heavy (non-hydrogen) atoms. The van der Waals surface area contributed by atoms with Gasteiger partial charge in [-0.25, -0.2) is 4.98 Å². The van der Waals surface area contributed by atoms with E-state index >= 15 is 0 Å². The molecule has 3 aromatic rings. The first-order valence-corrected chi connectivity index (χ1v) is 8.82. The Morgan fingerprint density at radius 3 is 2.38 bits per heavy atom. The second-order valence-corrected chi connectivity index (χ2v) is 6.83. The number of hydrogen-bond donors (Lipinski definition) is 1. The van der Waals surface area contributed by atoms with Crippen LogP contribution in [0.5, 0.6) is 5.75 Å². The summed E-state index contributed by atoms with van der Waals surface area (Å²) in [6, 6.07) is 8.04. The maximum absolute atomic E-state index is 5.27. The van der Waals surface area contributed by atoms with Crippen molar-refractivity contribution in [2.24, 2.45) is 0 Å². The van der Waals surface area contributed by atoms with Crippen molar-refractivity contribution >= 4 is 11.5 Å². The molecule has 1 aromatic carbocycles. The quantitative estimate of drug-likeness (QED) is 0.737. The molecule has 2 heterocycles. The van der Waals surface area contributed by atoms with E-state index in [1.54, 1.807) is 7.11 Å². The predicted octanol–water partition coefficient (Wildman–Crippen LogP) is 3.30. The summed E-state index contributed by atoms with van der Waals surface area (Å²) >= 11 is 0. The molecule has 0 aliphatic rings. The summed E-state index contributed by atoms with van der Waals surface area (Å²) in [6.45, 7) is 7.97. The maximum atomic E-state index is 5.27. The van der Waals surface area contributed by atoms with E-state index in [1.807, 2.05) is 30.5 Å². The van der Waals surface area contributed by atoms with Gasteiger partial charge in [-0.3, -0.25) is 0 Å². The summed E-state index contributed by atoms with van der Waals surface area (Å²) < 4.78 is 7.21. The lowest BCUT2D eigenvalue weighted by atomic mass is 10.1. The number of likely N-dealkylation sites (N-methyl/N-ethyl adjacent to an activating group) is 1. The van der Waals surface area contributed by atoms with Crippen molar-refractivity contribution in [3.63, 3.8) is 0 Å². The lowest BCUT2D eigenvalue weighted by Gasteiger charge is -2.15. The lowest BCUT2D eigenvalue weighted by Crippen LogP contribution is -2.22. The fraction of sp³-hybridized carbons (Fsp3) is 0.400. The van der Waals surface area contributed by atoms with Gasteiger partial charge in [0.2, 0.25) is 0 Å². The third kappa shape index (κ3) is 3.37. The van der Waals surface area contributed by atoms with Gasteiger partial charge in [-0.15, -0.1) is 0 Å². The Bertz CT molecular complexity index is 912. The Hall–Kier alpha value is -2.60. The summed E-state index contributed by atoms with van der Waals surface area (Å²) in [7, 11) is 5.82. The minimum Gasteiger partial charge on any atom is -0.497 e. The van der Waals surface area contributed by atoms with Crippen molar-refractivity contribution in [3.05, 3.63) is 41.2 Å². The molecule has 0 aliphatic heterocycles. The standard InChI is InChI=1S/C20H27N5O/c1-13-14(2)22-20-18(16-7-9-17(26-6)10-8-16)15(3)23-25(20)19(13)21-11-12-24(4)5/h7-10,21H,11-12H2,1-6H3. The molecule has 2 aromatic heterocycles. The Labute approximate surface area is 154 Å². The summed E-state index contributed by atoms with van der Waals surface area (Å²) in [5.41, 5.74) is 6.13. The molecular formula is C20H27N5O. The minimum atomic E-state index is 0.842. The monoisotopic (exact) mass is 353 g/mol. The van der Waals surface area contributed by atoms with Crippen LogP contribution < -0.4 is 10.1 Å². The highest BCUT2D eigenvalue weighted by atomic mass is 16.5. The molecule has 6 heteroatoms. The van der Waals surface area contributed by atoms with Crippen molar-refractivity contribution in [3.8, 4) is 16.9 Å². The number of aromatic nitrogens is 3. The first-order valence-electron chi connectivity index (χ1n) is 8.82. The molecule has 0 aliphatic carbocycles. The van der Waals surface area contributed by atoms with Crippen LogP contribution in [0.3, 0.4) is 0 Å². The number of benzene rings is 1. The maximum Gasteiger partial charge on any atom is 0.165 e. The third-order valence-electron chi connectivity index (χ3n) is 4.65. The fourth-order valence-corrected chi connectivity index (χ4v) is 3.05. The van der Waals surface area contributed by atoms with Crippen LogP contribution in [0.25, 0.3) is 16.8 Å². The number of nitrogens with one attached hydrogen (secondary N) is 1. The Kier molecular flexibility index (Phi) is 5.13. The molecule has 0 amide bonds. The molecule has 0 unspecified atom stereocenters. The van der Waals surface area contributed by atoms with Crippen LogP contribution >= 0.6 is 0 Å². The van der Waals surface area contributed by atoms with Crippen LogP contribution in [-0.2, 0) is 0 Å². The summed E-state index contributed by atoms with van der Waals surface area (Å²) in [6.07, 6.45) is 0. The molecule has 3 rings (SSSR count). The van der Waals surface area contributed by atoms with Crippen molar-refractivity contribution in [1.82, 2.24) is 19.5 Å². The van der Waals surface area contributed by atoms with Gasteiger partial charge < -0.3 is 15.0 Å². The largest absolute Gasteiger partial charge is 0.497 e. The van der Waals surface area contributed by atoms with Crippen LogP contribution in [0.2, 0.25) is 0 Å². The van der Waals surface area contributed by atoms with E-state index in [9.17, 15) is 0 Å². The third-order valence-corrected chi connectivity index (χ3v) is 4.65. The number of hydrogen-bond acceptors (Lipinski definition) is 5. The molecule has 6 nitrogen and oxygen atoms in total. The van der Waals surface area contributed by atoms with Crippen LogP contribution in [0.1, 0.15) is 17.0 Å². The van der Waals surface area contributed by atoms with E-state index in [2.05, 4.69) is 43.4 Å². The SMILES string of the molecule is COc1ccc(-c2c(C)nn3c(NCCN(C)C)c(C)c(C)nc23)cc1. The lowest BCUT2D eigenvalue weighted by molar-refractivity contribution is 0.415. The molecule has 0 bridgehead atoms. The fourth-order valence-electron chi connectivity index (χ4n) is 3.05. The summed E-state index contributed by atoms with van der Waals surface area (Å²) in [4.78, 5) is 7.00. The molecule has 0 fully saturated rings. The predicted molar refractivity (Wildman–Crippen MR) is 106 cm³/mol. The highest BCUT2D eigenvalue weighted by Gasteiger charge is 2.18. The van der Waals surface area contributed by atoms with Gasteiger partial charge in [0.05, 0.1) is 12.8 Å². The molecular weight excluding hydrogens is 326 g/mol. The minimum absolute atomic E-state index is 0.842. The van der Waals surface area contributed by atoms with E-state index in [0.29, 0.717) is 0 Å². The van der Waals surface area contributed by atoms with Crippen LogP contribution in [-0.4, -0.2) is 53.8 Å². The van der Waals surface area contributed by atoms with E-state index in [1.165, 1.54) is 0 Å². The molecule has 0 saturated heterocycles. The smallest absolute Gasteiger partial charge is 0.165 e. The first-order chi connectivity index (χ1) is 12.4. The van der Waals surface area contributed by atoms with Gasteiger partial charge in [-0.05, 0) is 52.6 Å². The van der Waals surface area contributed by atoms with Gasteiger partial charge >= 0.3 is 0 Å². The van der Waals surface area contributed by atoms with Crippen molar-refractivity contribution in [2.75, 3.05) is 39.6 Å². The molecule has 1 N–H and O–H groups in total. The van der Waals surface area contributed by atoms with Gasteiger partial charge in [-0.1, -0.05) is 12.1 Å². The van der Waals surface area contributed by atoms with Crippen LogP contribution in [0.15, 0.2) is 24.3 Å². The van der Waals surface area contributed by atoms with Gasteiger partial charge in [-0.2, -0.15) is 9.61 Å². The number of nitrogens with zero attached hydrogens (tertiary/aromatic N) is 4. The van der Waals surface area contributed by atoms with Gasteiger partial charge in [0, 0.05) is 29.9 Å². The zero-order valence-electron chi connectivity index (χ0n) is 16.4. The van der Waals surface area contributed by atoms with Crippen LogP contribution in [0.4, 0.5) is 5.82 Å². The summed E-state index contributed by atoms with van der Waals surface area (Å²) in [5.74, 6) is 1.85. The molecule has 0 saturated carbocycles. The van der Waals surface area contributed by atoms with E-state index in [4.69, 9.17) is 14.8 Å². The average Bonchev–Trinajstić information content (AvgIpc) is 2.93. The number of rotatable bonds is 6. The highest BCUT2D eigenvalue weighted by molar-refractivity contribution is 5.81. The number of ether oxygens (including phenoxy) is 1. The van der Waals surface area contributed by atoms with E-state index in [0.717, 1.165) is 58.4 Å². The second kappa shape index (κ2) is 7.33. The average molecular weight is 353 g/mol. The Balaban J connectivity index is 2.11. The molecule has 0 radical (unpaired) electrons. The highest BCUT2D eigenvalue weighted by Crippen LogP contribution is 2.31. The zero-order chi connectivity index (χ0) is 18.8. The van der Waals surface area contributed by atoms with Gasteiger partial charge in [0.25, 0.3) is 0 Å². The van der Waals surface area contributed by atoms with Gasteiger partial charge in [0.15, 0.2) is 5.65 Å². The number of fused-ring (bicyclic) bond motifs is 1. The van der Waals surface area contributed by atoms with Crippen molar-refractivity contribution in [2.45, 2.75) is 20.8 Å². The second-order valence-electron chi connectivity index (χ2n) is 6.83. The Morgan fingerprint density at radius 2 is 1.77 bits per heavy atom. The van der Waals surface area contributed by atoms with Crippen LogP contribution in [0, 0.1) is 20.8 Å².